The molecule has 0 saturated heterocycles. The Hall–Kier alpha value is -1.83. The molecule has 0 spiro atoms. The minimum atomic E-state index is -3.67. The summed E-state index contributed by atoms with van der Waals surface area (Å²) in [6.45, 7) is 1.70. The molecule has 0 aromatic carbocycles. The van der Waals surface area contributed by atoms with Crippen LogP contribution in [0.5, 0.6) is 0 Å². The molecule has 7 nitrogen and oxygen atoms in total. The summed E-state index contributed by atoms with van der Waals surface area (Å²) in [5, 5.41) is 7.84. The molecule has 3 rings (SSSR count). The van der Waals surface area contributed by atoms with Gasteiger partial charge in [0, 0.05) is 12.3 Å². The van der Waals surface area contributed by atoms with Gasteiger partial charge in [0.05, 0.1) is 12.2 Å². The van der Waals surface area contributed by atoms with Crippen LogP contribution in [-0.4, -0.2) is 23.4 Å². The van der Waals surface area contributed by atoms with Crippen molar-refractivity contribution >= 4 is 15.8 Å². The summed E-state index contributed by atoms with van der Waals surface area (Å²) < 4.78 is 33.5. The third kappa shape index (κ3) is 3.10. The zero-order valence-corrected chi connectivity index (χ0v) is 12.6. The summed E-state index contributed by atoms with van der Waals surface area (Å²) in [6, 6.07) is 1.83. The minimum absolute atomic E-state index is 0.147. The number of aryl methyl sites for hydroxylation is 1. The van der Waals surface area contributed by atoms with Gasteiger partial charge in [-0.15, -0.1) is 0 Å². The molecule has 0 radical (unpaired) electrons. The molecule has 2 heterocycles. The molecule has 21 heavy (non-hydrogen) atoms. The number of anilines is 1. The molecule has 1 N–H and O–H groups in total. The van der Waals surface area contributed by atoms with Crippen LogP contribution in [0.15, 0.2) is 27.9 Å². The Kier molecular flexibility index (Phi) is 3.71. The van der Waals surface area contributed by atoms with E-state index in [1.807, 2.05) is 0 Å². The molecule has 1 aliphatic rings. The monoisotopic (exact) mass is 310 g/mol. The van der Waals surface area contributed by atoms with Crippen molar-refractivity contribution in [1.82, 2.24) is 14.9 Å². The van der Waals surface area contributed by atoms with Crippen molar-refractivity contribution in [2.45, 2.75) is 50.0 Å². The lowest BCUT2D eigenvalue weighted by Gasteiger charge is -2.21. The van der Waals surface area contributed by atoms with Crippen LogP contribution >= 0.6 is 0 Å². The first kappa shape index (κ1) is 14.1. The van der Waals surface area contributed by atoms with E-state index in [-0.39, 0.29) is 10.7 Å². The molecule has 0 amide bonds. The van der Waals surface area contributed by atoms with Gasteiger partial charge in [-0.2, -0.15) is 5.10 Å². The van der Waals surface area contributed by atoms with Crippen molar-refractivity contribution in [3.05, 3.63) is 24.2 Å². The summed E-state index contributed by atoms with van der Waals surface area (Å²) in [5.74, 6) is 0.725. The number of nitrogens with one attached hydrogen (secondary N) is 1. The second kappa shape index (κ2) is 5.51. The number of aromatic nitrogens is 3. The van der Waals surface area contributed by atoms with E-state index in [2.05, 4.69) is 15.0 Å². The lowest BCUT2D eigenvalue weighted by molar-refractivity contribution is 0.329. The van der Waals surface area contributed by atoms with Crippen molar-refractivity contribution in [1.29, 1.82) is 0 Å². The van der Waals surface area contributed by atoms with Crippen LogP contribution in [0, 0.1) is 6.92 Å². The van der Waals surface area contributed by atoms with E-state index < -0.39 is 10.0 Å². The van der Waals surface area contributed by atoms with Crippen molar-refractivity contribution in [2.24, 2.45) is 0 Å². The van der Waals surface area contributed by atoms with E-state index in [1.165, 1.54) is 31.5 Å². The van der Waals surface area contributed by atoms with Gasteiger partial charge >= 0.3 is 0 Å². The van der Waals surface area contributed by atoms with Crippen molar-refractivity contribution in [3.63, 3.8) is 0 Å². The lowest BCUT2D eigenvalue weighted by atomic mass is 9.96. The lowest BCUT2D eigenvalue weighted by Crippen LogP contribution is -2.14. The highest BCUT2D eigenvalue weighted by Crippen LogP contribution is 2.28. The number of nitrogens with zero attached hydrogens (tertiary/aromatic N) is 3. The largest absolute Gasteiger partial charge is 0.360 e. The average molecular weight is 310 g/mol. The summed E-state index contributed by atoms with van der Waals surface area (Å²) >= 11 is 0. The van der Waals surface area contributed by atoms with Crippen molar-refractivity contribution in [3.8, 4) is 0 Å². The fourth-order valence-electron chi connectivity index (χ4n) is 2.62. The summed E-state index contributed by atoms with van der Waals surface area (Å²) in [7, 11) is -3.67. The molecule has 1 fully saturated rings. The Morgan fingerprint density at radius 2 is 2.10 bits per heavy atom. The zero-order chi connectivity index (χ0) is 14.9. The molecular formula is C13H18N4O3S. The summed E-state index contributed by atoms with van der Waals surface area (Å²) in [4.78, 5) is 0.147. The van der Waals surface area contributed by atoms with Crippen LogP contribution in [0.25, 0.3) is 0 Å². The SMILES string of the molecule is Cc1cc(NS(=O)(=O)c2cnn(C3CCCCC3)c2)no1. The molecule has 2 aromatic heterocycles. The molecule has 8 heteroatoms. The van der Waals surface area contributed by atoms with Gasteiger partial charge in [0.1, 0.15) is 10.7 Å². The number of sulfonamides is 1. The molecule has 0 aliphatic heterocycles. The van der Waals surface area contributed by atoms with Crippen molar-refractivity contribution in [2.75, 3.05) is 4.72 Å². The van der Waals surface area contributed by atoms with Gasteiger partial charge in [0.15, 0.2) is 5.82 Å². The Morgan fingerprint density at radius 1 is 1.33 bits per heavy atom. The van der Waals surface area contributed by atoms with Crippen LogP contribution < -0.4 is 4.72 Å². The van der Waals surface area contributed by atoms with E-state index in [9.17, 15) is 8.42 Å². The highest BCUT2D eigenvalue weighted by atomic mass is 32.2. The number of rotatable bonds is 4. The quantitative estimate of drug-likeness (QED) is 0.937. The van der Waals surface area contributed by atoms with Crippen molar-refractivity contribution < 1.29 is 12.9 Å². The van der Waals surface area contributed by atoms with Crippen LogP contribution in [0.1, 0.15) is 43.9 Å². The fourth-order valence-corrected chi connectivity index (χ4v) is 3.54. The predicted octanol–water partition coefficient (Wildman–Crippen LogP) is 2.49. The molecule has 0 unspecified atom stereocenters. The first-order valence-corrected chi connectivity index (χ1v) is 8.53. The van der Waals surface area contributed by atoms with Gasteiger partial charge in [0.2, 0.25) is 0 Å². The number of hydrogen-bond acceptors (Lipinski definition) is 5. The average Bonchev–Trinajstić information content (AvgIpc) is 3.09. The van der Waals surface area contributed by atoms with Gasteiger partial charge in [0.25, 0.3) is 10.0 Å². The molecule has 1 aliphatic carbocycles. The smallest absolute Gasteiger partial charge is 0.266 e. The van der Waals surface area contributed by atoms with E-state index in [4.69, 9.17) is 4.52 Å². The molecule has 0 atom stereocenters. The Bertz CT molecular complexity index is 713. The molecule has 0 bridgehead atoms. The predicted molar refractivity (Wildman–Crippen MR) is 76.4 cm³/mol. The highest BCUT2D eigenvalue weighted by Gasteiger charge is 2.21. The maximum absolute atomic E-state index is 12.3. The van der Waals surface area contributed by atoms with E-state index in [1.54, 1.807) is 17.8 Å². The topological polar surface area (TPSA) is 90.0 Å². The maximum atomic E-state index is 12.3. The first-order chi connectivity index (χ1) is 10.0. The maximum Gasteiger partial charge on any atom is 0.266 e. The number of hydrogen-bond donors (Lipinski definition) is 1. The Morgan fingerprint density at radius 3 is 2.76 bits per heavy atom. The van der Waals surface area contributed by atoms with Gasteiger partial charge in [-0.05, 0) is 19.8 Å². The third-order valence-electron chi connectivity index (χ3n) is 3.70. The van der Waals surface area contributed by atoms with Crippen LogP contribution in [0.3, 0.4) is 0 Å². The van der Waals surface area contributed by atoms with Crippen LogP contribution in [0.2, 0.25) is 0 Å². The standard InChI is InChI=1S/C13H18N4O3S/c1-10-7-13(15-20-10)16-21(18,19)12-8-14-17(9-12)11-5-3-2-4-6-11/h7-9,11H,2-6H2,1H3,(H,15,16). The normalized spacial score (nSPS) is 17.0. The van der Waals surface area contributed by atoms with Gasteiger partial charge in [-0.25, -0.2) is 8.42 Å². The van der Waals surface area contributed by atoms with Gasteiger partial charge < -0.3 is 4.52 Å². The first-order valence-electron chi connectivity index (χ1n) is 7.05. The van der Waals surface area contributed by atoms with E-state index in [0.29, 0.717) is 11.8 Å². The van der Waals surface area contributed by atoms with Gasteiger partial charge in [-0.1, -0.05) is 24.4 Å². The van der Waals surface area contributed by atoms with Gasteiger partial charge in [-0.3, -0.25) is 9.40 Å². The summed E-state index contributed by atoms with van der Waals surface area (Å²) in [5.41, 5.74) is 0. The summed E-state index contributed by atoms with van der Waals surface area (Å²) in [6.07, 6.45) is 8.66. The van der Waals surface area contributed by atoms with Crippen LogP contribution in [0.4, 0.5) is 5.82 Å². The molecular weight excluding hydrogens is 292 g/mol. The Labute approximate surface area is 123 Å². The Balaban J connectivity index is 1.77. The highest BCUT2D eigenvalue weighted by molar-refractivity contribution is 7.92. The van der Waals surface area contributed by atoms with E-state index in [0.717, 1.165) is 12.8 Å². The third-order valence-corrected chi connectivity index (χ3v) is 5.01. The second-order valence-electron chi connectivity index (χ2n) is 5.38. The second-order valence-corrected chi connectivity index (χ2v) is 7.06. The molecule has 114 valence electrons. The molecule has 1 saturated carbocycles. The fraction of sp³-hybridized carbons (Fsp3) is 0.538. The zero-order valence-electron chi connectivity index (χ0n) is 11.8. The van der Waals surface area contributed by atoms with E-state index >= 15 is 0 Å². The van der Waals surface area contributed by atoms with Crippen LogP contribution in [-0.2, 0) is 10.0 Å². The minimum Gasteiger partial charge on any atom is -0.360 e. The molecule has 2 aromatic rings.